The molecule has 0 radical (unpaired) electrons. The zero-order valence-electron chi connectivity index (χ0n) is 9.64. The summed E-state index contributed by atoms with van der Waals surface area (Å²) in [7, 11) is 0. The van der Waals surface area contributed by atoms with Gasteiger partial charge in [-0.3, -0.25) is 0 Å². The number of hydrogen-bond donors (Lipinski definition) is 1. The molecule has 4 heteroatoms. The van der Waals surface area contributed by atoms with Crippen LogP contribution in [0.15, 0.2) is 53.4 Å². The van der Waals surface area contributed by atoms with Gasteiger partial charge in [-0.25, -0.2) is 4.39 Å². The minimum absolute atomic E-state index is 0.340. The Labute approximate surface area is 115 Å². The molecule has 2 N–H and O–H groups in total. The molecule has 1 atom stereocenters. The highest BCUT2D eigenvalue weighted by molar-refractivity contribution is 7.99. The molecule has 0 amide bonds. The third-order valence-electron chi connectivity index (χ3n) is 2.53. The number of nitrogens with two attached hydrogens (primary N) is 1. The number of halogens is 2. The number of thioether (sulfide) groups is 1. The Bertz CT molecular complexity index is 518. The summed E-state index contributed by atoms with van der Waals surface area (Å²) in [6, 6.07) is 14.2. The summed E-state index contributed by atoms with van der Waals surface area (Å²) in [6.45, 7) is 0. The van der Waals surface area contributed by atoms with Crippen molar-refractivity contribution in [3.05, 3.63) is 64.9 Å². The maximum atomic E-state index is 13.7. The zero-order valence-corrected chi connectivity index (χ0v) is 11.2. The Balaban J connectivity index is 2.01. The molecule has 0 bridgehead atoms. The second kappa shape index (κ2) is 6.23. The number of rotatable bonds is 4. The molecule has 2 aromatic carbocycles. The van der Waals surface area contributed by atoms with Crippen molar-refractivity contribution < 1.29 is 4.39 Å². The summed E-state index contributed by atoms with van der Waals surface area (Å²) in [4.78, 5) is 1.13. The first kappa shape index (κ1) is 13.4. The van der Waals surface area contributed by atoms with Crippen LogP contribution in [0.5, 0.6) is 0 Å². The van der Waals surface area contributed by atoms with Gasteiger partial charge in [-0.2, -0.15) is 0 Å². The molecule has 0 saturated carbocycles. The van der Waals surface area contributed by atoms with Gasteiger partial charge < -0.3 is 5.73 Å². The molecule has 0 heterocycles. The Morgan fingerprint density at radius 1 is 1.17 bits per heavy atom. The summed E-state index contributed by atoms with van der Waals surface area (Å²) >= 11 is 7.32. The minimum atomic E-state index is -0.344. The van der Waals surface area contributed by atoms with Gasteiger partial charge in [0.2, 0.25) is 0 Å². The van der Waals surface area contributed by atoms with E-state index in [2.05, 4.69) is 0 Å². The molecule has 1 unspecified atom stereocenters. The van der Waals surface area contributed by atoms with Crippen LogP contribution >= 0.6 is 23.4 Å². The van der Waals surface area contributed by atoms with Crippen LogP contribution in [0.2, 0.25) is 5.02 Å². The average Bonchev–Trinajstić information content (AvgIpc) is 2.37. The van der Waals surface area contributed by atoms with Crippen LogP contribution in [0.4, 0.5) is 4.39 Å². The van der Waals surface area contributed by atoms with Crippen LogP contribution in [0.1, 0.15) is 11.6 Å². The van der Waals surface area contributed by atoms with Crippen molar-refractivity contribution in [2.24, 2.45) is 5.73 Å². The first-order chi connectivity index (χ1) is 8.66. The summed E-state index contributed by atoms with van der Waals surface area (Å²) in [5, 5.41) is 0.388. The predicted octanol–water partition coefficient (Wildman–Crippen LogP) is 4.27. The molecule has 94 valence electrons. The van der Waals surface area contributed by atoms with E-state index >= 15 is 0 Å². The van der Waals surface area contributed by atoms with Gasteiger partial charge in [0.1, 0.15) is 5.82 Å². The fourth-order valence-corrected chi connectivity index (χ4v) is 2.65. The lowest BCUT2D eigenvalue weighted by Gasteiger charge is -2.12. The first-order valence-electron chi connectivity index (χ1n) is 5.55. The monoisotopic (exact) mass is 281 g/mol. The normalized spacial score (nSPS) is 12.4. The Morgan fingerprint density at radius 3 is 2.56 bits per heavy atom. The topological polar surface area (TPSA) is 26.0 Å². The highest BCUT2D eigenvalue weighted by atomic mass is 35.5. The van der Waals surface area contributed by atoms with E-state index in [4.69, 9.17) is 17.3 Å². The SMILES string of the molecule is NC(CSc1ccccc1)c1ccc(Cl)cc1F. The smallest absolute Gasteiger partial charge is 0.129 e. The van der Waals surface area contributed by atoms with Crippen molar-refractivity contribution in [1.82, 2.24) is 0 Å². The van der Waals surface area contributed by atoms with Crippen molar-refractivity contribution in [2.45, 2.75) is 10.9 Å². The van der Waals surface area contributed by atoms with Gasteiger partial charge in [-0.1, -0.05) is 35.9 Å². The van der Waals surface area contributed by atoms with Crippen molar-refractivity contribution in [3.8, 4) is 0 Å². The number of hydrogen-bond acceptors (Lipinski definition) is 2. The highest BCUT2D eigenvalue weighted by Gasteiger charge is 2.12. The minimum Gasteiger partial charge on any atom is -0.323 e. The molecule has 0 spiro atoms. The fraction of sp³-hybridized carbons (Fsp3) is 0.143. The van der Waals surface area contributed by atoms with Crippen molar-refractivity contribution in [2.75, 3.05) is 5.75 Å². The van der Waals surface area contributed by atoms with E-state index in [0.29, 0.717) is 16.3 Å². The average molecular weight is 282 g/mol. The zero-order chi connectivity index (χ0) is 13.0. The summed E-state index contributed by atoms with van der Waals surface area (Å²) < 4.78 is 13.7. The molecule has 0 fully saturated rings. The van der Waals surface area contributed by atoms with Crippen molar-refractivity contribution >= 4 is 23.4 Å². The summed E-state index contributed by atoms with van der Waals surface area (Å²) in [5.41, 5.74) is 6.49. The van der Waals surface area contributed by atoms with Gasteiger partial charge in [0.25, 0.3) is 0 Å². The standard InChI is InChI=1S/C14H13ClFNS/c15-10-6-7-12(13(16)8-10)14(17)9-18-11-4-2-1-3-5-11/h1-8,14H,9,17H2. The summed E-state index contributed by atoms with van der Waals surface area (Å²) in [5.74, 6) is 0.284. The second-order valence-corrected chi connectivity index (χ2v) is 5.43. The lowest BCUT2D eigenvalue weighted by atomic mass is 10.1. The van der Waals surface area contributed by atoms with E-state index in [0.717, 1.165) is 4.90 Å². The van der Waals surface area contributed by atoms with E-state index in [1.54, 1.807) is 23.9 Å². The molecule has 0 saturated heterocycles. The molecule has 2 rings (SSSR count). The highest BCUT2D eigenvalue weighted by Crippen LogP contribution is 2.25. The van der Waals surface area contributed by atoms with Crippen LogP contribution in [-0.2, 0) is 0 Å². The lowest BCUT2D eigenvalue weighted by Crippen LogP contribution is -2.14. The Hall–Kier alpha value is -1.03. The van der Waals surface area contributed by atoms with Crippen molar-refractivity contribution in [1.29, 1.82) is 0 Å². The molecule has 0 aliphatic heterocycles. The van der Waals surface area contributed by atoms with Gasteiger partial charge in [0.05, 0.1) is 0 Å². The van der Waals surface area contributed by atoms with Gasteiger partial charge in [0.15, 0.2) is 0 Å². The Morgan fingerprint density at radius 2 is 1.89 bits per heavy atom. The molecule has 2 aromatic rings. The third kappa shape index (κ3) is 3.48. The maximum absolute atomic E-state index is 13.7. The summed E-state index contributed by atoms with van der Waals surface area (Å²) in [6.07, 6.45) is 0. The van der Waals surface area contributed by atoms with E-state index in [1.807, 2.05) is 30.3 Å². The largest absolute Gasteiger partial charge is 0.323 e. The van der Waals surface area contributed by atoms with Gasteiger partial charge in [0, 0.05) is 27.3 Å². The van der Waals surface area contributed by atoms with E-state index in [-0.39, 0.29) is 11.9 Å². The van der Waals surface area contributed by atoms with E-state index in [9.17, 15) is 4.39 Å². The molecule has 18 heavy (non-hydrogen) atoms. The molecule has 0 aliphatic rings. The molecule has 1 nitrogen and oxygen atoms in total. The lowest BCUT2D eigenvalue weighted by molar-refractivity contribution is 0.595. The molecular formula is C14H13ClFNS. The Kier molecular flexibility index (Phi) is 4.64. The molecule has 0 aromatic heterocycles. The van der Waals surface area contributed by atoms with Crippen LogP contribution in [0.3, 0.4) is 0 Å². The van der Waals surface area contributed by atoms with Crippen LogP contribution in [0.25, 0.3) is 0 Å². The van der Waals surface area contributed by atoms with Gasteiger partial charge >= 0.3 is 0 Å². The molecule has 0 aliphatic carbocycles. The predicted molar refractivity (Wildman–Crippen MR) is 75.5 cm³/mol. The quantitative estimate of drug-likeness (QED) is 0.847. The second-order valence-electron chi connectivity index (χ2n) is 3.90. The van der Waals surface area contributed by atoms with Crippen molar-refractivity contribution in [3.63, 3.8) is 0 Å². The maximum Gasteiger partial charge on any atom is 0.129 e. The van der Waals surface area contributed by atoms with Gasteiger partial charge in [-0.05, 0) is 24.3 Å². The van der Waals surface area contributed by atoms with Crippen LogP contribution in [0, 0.1) is 5.82 Å². The number of benzene rings is 2. The molecular weight excluding hydrogens is 269 g/mol. The van der Waals surface area contributed by atoms with Crippen LogP contribution in [-0.4, -0.2) is 5.75 Å². The van der Waals surface area contributed by atoms with E-state index in [1.165, 1.54) is 6.07 Å². The first-order valence-corrected chi connectivity index (χ1v) is 6.91. The third-order valence-corrected chi connectivity index (χ3v) is 3.90. The van der Waals surface area contributed by atoms with E-state index < -0.39 is 0 Å². The van der Waals surface area contributed by atoms with Gasteiger partial charge in [-0.15, -0.1) is 11.8 Å². The fourth-order valence-electron chi connectivity index (χ4n) is 1.59. The van der Waals surface area contributed by atoms with Crippen LogP contribution < -0.4 is 5.73 Å².